The molecule has 0 radical (unpaired) electrons. The largest absolute Gasteiger partial charge is 0.370 e. The quantitative estimate of drug-likeness (QED) is 0.504. The Balaban J connectivity index is 2.15. The minimum atomic E-state index is -0.205. The van der Waals surface area contributed by atoms with E-state index in [1.807, 2.05) is 19.1 Å². The molecular formula is C16H18N6O. The van der Waals surface area contributed by atoms with Gasteiger partial charge in [0.2, 0.25) is 5.96 Å². The van der Waals surface area contributed by atoms with Crippen LogP contribution in [0.2, 0.25) is 0 Å². The molecule has 1 amide bonds. The first kappa shape index (κ1) is 16.0. The number of carbonyl (C=O) groups excluding carboxylic acids is 1. The lowest BCUT2D eigenvalue weighted by Gasteiger charge is -2.06. The average Bonchev–Trinajstić information content (AvgIpc) is 2.47. The number of nitrogens with one attached hydrogen (secondary N) is 1. The summed E-state index contributed by atoms with van der Waals surface area (Å²) in [6.45, 7) is 1.96. The van der Waals surface area contributed by atoms with E-state index in [0.29, 0.717) is 16.9 Å². The first-order valence-corrected chi connectivity index (χ1v) is 6.86. The Morgan fingerprint density at radius 2 is 1.74 bits per heavy atom. The van der Waals surface area contributed by atoms with Gasteiger partial charge < -0.3 is 22.5 Å². The Morgan fingerprint density at radius 3 is 2.39 bits per heavy atom. The van der Waals surface area contributed by atoms with Crippen LogP contribution >= 0.6 is 0 Å². The van der Waals surface area contributed by atoms with Crippen molar-refractivity contribution < 1.29 is 4.79 Å². The molecule has 7 heteroatoms. The van der Waals surface area contributed by atoms with Crippen LogP contribution in [0.15, 0.2) is 58.5 Å². The second-order valence-corrected chi connectivity index (χ2v) is 4.88. The molecule has 0 unspecified atom stereocenters. The van der Waals surface area contributed by atoms with Crippen LogP contribution in [0.5, 0.6) is 0 Å². The first-order chi connectivity index (χ1) is 10.9. The smallest absolute Gasteiger partial charge is 0.255 e. The molecule has 0 aliphatic heterocycles. The predicted molar refractivity (Wildman–Crippen MR) is 92.7 cm³/mol. The number of aryl methyl sites for hydroxylation is 1. The fourth-order valence-corrected chi connectivity index (χ4v) is 1.85. The van der Waals surface area contributed by atoms with Crippen LogP contribution < -0.4 is 22.5 Å². The lowest BCUT2D eigenvalue weighted by molar-refractivity contribution is 0.102. The monoisotopic (exact) mass is 310 g/mol. The summed E-state index contributed by atoms with van der Waals surface area (Å²) in [6, 6.07) is 14.2. The third kappa shape index (κ3) is 4.85. The highest BCUT2D eigenvalue weighted by Crippen LogP contribution is 2.19. The lowest BCUT2D eigenvalue weighted by atomic mass is 10.1. The molecule has 0 saturated carbocycles. The van der Waals surface area contributed by atoms with Crippen molar-refractivity contribution in [1.29, 1.82) is 0 Å². The van der Waals surface area contributed by atoms with Gasteiger partial charge >= 0.3 is 0 Å². The zero-order chi connectivity index (χ0) is 16.8. The molecule has 118 valence electrons. The zero-order valence-electron chi connectivity index (χ0n) is 12.7. The molecule has 7 N–H and O–H groups in total. The summed E-state index contributed by atoms with van der Waals surface area (Å²) in [6.07, 6.45) is 0. The van der Waals surface area contributed by atoms with E-state index in [2.05, 4.69) is 15.3 Å². The van der Waals surface area contributed by atoms with Crippen LogP contribution in [0.25, 0.3) is 0 Å². The lowest BCUT2D eigenvalue weighted by Crippen LogP contribution is -2.26. The third-order valence-corrected chi connectivity index (χ3v) is 2.91. The minimum absolute atomic E-state index is 0.0630. The molecular weight excluding hydrogens is 292 g/mol. The molecule has 0 fully saturated rings. The number of anilines is 1. The summed E-state index contributed by atoms with van der Waals surface area (Å²) in [4.78, 5) is 19.9. The van der Waals surface area contributed by atoms with E-state index in [-0.39, 0.29) is 17.8 Å². The van der Waals surface area contributed by atoms with Crippen LogP contribution in [0.3, 0.4) is 0 Å². The summed E-state index contributed by atoms with van der Waals surface area (Å²) in [5.41, 5.74) is 18.8. The highest BCUT2D eigenvalue weighted by molar-refractivity contribution is 6.04. The highest BCUT2D eigenvalue weighted by atomic mass is 16.1. The number of hydrogen-bond donors (Lipinski definition) is 4. The molecule has 0 saturated heterocycles. The predicted octanol–water partition coefficient (Wildman–Crippen LogP) is 1.47. The van der Waals surface area contributed by atoms with E-state index < -0.39 is 0 Å². The molecule has 0 aliphatic carbocycles. The van der Waals surface area contributed by atoms with Gasteiger partial charge in [0.15, 0.2) is 5.96 Å². The SMILES string of the molecule is Cc1ccc(C(=O)Nc2cccc(N=C(N)N=C(N)N)c2)cc1. The van der Waals surface area contributed by atoms with Gasteiger partial charge in [-0.1, -0.05) is 23.8 Å². The van der Waals surface area contributed by atoms with Crippen molar-refractivity contribution in [3.05, 3.63) is 59.7 Å². The number of nitrogens with two attached hydrogens (primary N) is 3. The number of benzene rings is 2. The maximum atomic E-state index is 12.2. The summed E-state index contributed by atoms with van der Waals surface area (Å²) in [5.74, 6) is -0.439. The Labute approximate surface area is 133 Å². The van der Waals surface area contributed by atoms with E-state index in [1.165, 1.54) is 0 Å². The Bertz CT molecular complexity index is 760. The zero-order valence-corrected chi connectivity index (χ0v) is 12.7. The van der Waals surface area contributed by atoms with Crippen molar-refractivity contribution >= 4 is 29.2 Å². The summed E-state index contributed by atoms with van der Waals surface area (Å²) >= 11 is 0. The minimum Gasteiger partial charge on any atom is -0.370 e. The molecule has 0 bridgehead atoms. The number of carbonyl (C=O) groups is 1. The van der Waals surface area contributed by atoms with E-state index >= 15 is 0 Å². The maximum Gasteiger partial charge on any atom is 0.255 e. The molecule has 0 aliphatic rings. The van der Waals surface area contributed by atoms with Crippen LogP contribution in [0, 0.1) is 6.92 Å². The molecule has 2 aromatic carbocycles. The van der Waals surface area contributed by atoms with E-state index in [0.717, 1.165) is 5.56 Å². The van der Waals surface area contributed by atoms with Gasteiger partial charge in [-0.3, -0.25) is 4.79 Å². The van der Waals surface area contributed by atoms with Gasteiger partial charge in [-0.05, 0) is 37.3 Å². The van der Waals surface area contributed by atoms with Crippen LogP contribution in [0.1, 0.15) is 15.9 Å². The average molecular weight is 310 g/mol. The van der Waals surface area contributed by atoms with Gasteiger partial charge in [-0.25, -0.2) is 4.99 Å². The summed E-state index contributed by atoms with van der Waals surface area (Å²) in [5, 5.41) is 2.80. The third-order valence-electron chi connectivity index (χ3n) is 2.91. The van der Waals surface area contributed by atoms with Gasteiger partial charge in [0.05, 0.1) is 5.69 Å². The van der Waals surface area contributed by atoms with Crippen molar-refractivity contribution in [1.82, 2.24) is 0 Å². The molecule has 2 rings (SSSR count). The van der Waals surface area contributed by atoms with E-state index in [9.17, 15) is 4.79 Å². The molecule has 0 aromatic heterocycles. The molecule has 23 heavy (non-hydrogen) atoms. The van der Waals surface area contributed by atoms with Gasteiger partial charge in [-0.15, -0.1) is 0 Å². The topological polar surface area (TPSA) is 132 Å². The summed E-state index contributed by atoms with van der Waals surface area (Å²) in [7, 11) is 0. The van der Waals surface area contributed by atoms with E-state index in [1.54, 1.807) is 36.4 Å². The van der Waals surface area contributed by atoms with Gasteiger partial charge in [0.1, 0.15) is 0 Å². The molecule has 0 atom stereocenters. The second-order valence-electron chi connectivity index (χ2n) is 4.88. The second kappa shape index (κ2) is 7.08. The molecule has 0 spiro atoms. The first-order valence-electron chi connectivity index (χ1n) is 6.86. The fraction of sp³-hybridized carbons (Fsp3) is 0.0625. The molecule has 2 aromatic rings. The number of amides is 1. The Morgan fingerprint density at radius 1 is 1.04 bits per heavy atom. The van der Waals surface area contributed by atoms with Crippen LogP contribution in [-0.4, -0.2) is 17.8 Å². The standard InChI is InChI=1S/C16H18N6O/c1-10-5-7-11(8-6-10)14(23)20-12-3-2-4-13(9-12)21-16(19)22-15(17)18/h2-9H,1H3,(H,20,23)(H6,17,18,19,21,22). The van der Waals surface area contributed by atoms with Crippen molar-refractivity contribution in [3.63, 3.8) is 0 Å². The highest BCUT2D eigenvalue weighted by Gasteiger charge is 2.06. The molecule has 7 nitrogen and oxygen atoms in total. The maximum absolute atomic E-state index is 12.2. The van der Waals surface area contributed by atoms with Crippen LogP contribution in [-0.2, 0) is 0 Å². The normalized spacial score (nSPS) is 10.9. The van der Waals surface area contributed by atoms with Gasteiger partial charge in [-0.2, -0.15) is 4.99 Å². The number of aliphatic imine (C=N–C) groups is 2. The van der Waals surface area contributed by atoms with Crippen molar-refractivity contribution in [2.45, 2.75) is 6.92 Å². The number of rotatable bonds is 3. The Hall–Kier alpha value is -3.35. The number of guanidine groups is 2. The number of nitrogens with zero attached hydrogens (tertiary/aromatic N) is 2. The summed E-state index contributed by atoms with van der Waals surface area (Å²) < 4.78 is 0. The fourth-order valence-electron chi connectivity index (χ4n) is 1.85. The Kier molecular flexibility index (Phi) is 4.93. The van der Waals surface area contributed by atoms with Crippen molar-refractivity contribution in [2.24, 2.45) is 27.2 Å². The van der Waals surface area contributed by atoms with Crippen molar-refractivity contribution in [3.8, 4) is 0 Å². The molecule has 0 heterocycles. The van der Waals surface area contributed by atoms with Crippen molar-refractivity contribution in [2.75, 3.05) is 5.32 Å². The van der Waals surface area contributed by atoms with Gasteiger partial charge in [0.25, 0.3) is 5.91 Å². The number of hydrogen-bond acceptors (Lipinski definition) is 2. The van der Waals surface area contributed by atoms with Crippen LogP contribution in [0.4, 0.5) is 11.4 Å². The van der Waals surface area contributed by atoms with E-state index in [4.69, 9.17) is 17.2 Å². The van der Waals surface area contributed by atoms with Gasteiger partial charge in [0, 0.05) is 11.3 Å².